The van der Waals surface area contributed by atoms with Crippen molar-refractivity contribution in [2.45, 2.75) is 24.7 Å². The van der Waals surface area contributed by atoms with Crippen molar-refractivity contribution in [3.8, 4) is 5.75 Å². The van der Waals surface area contributed by atoms with E-state index in [1.165, 1.54) is 11.9 Å². The largest absolute Gasteiger partial charge is 0.493 e. The zero-order valence-corrected chi connectivity index (χ0v) is 14.2. The van der Waals surface area contributed by atoms with Crippen molar-refractivity contribution in [3.63, 3.8) is 0 Å². The Labute approximate surface area is 148 Å². The molecule has 1 aliphatic heterocycles. The van der Waals surface area contributed by atoms with Gasteiger partial charge in [0.1, 0.15) is 5.75 Å². The van der Waals surface area contributed by atoms with Gasteiger partial charge in [-0.05, 0) is 22.9 Å². The summed E-state index contributed by atoms with van der Waals surface area (Å²) in [6.07, 6.45) is -4.78. The van der Waals surface area contributed by atoms with Gasteiger partial charge in [-0.25, -0.2) is 0 Å². The molecule has 1 heterocycles. The van der Waals surface area contributed by atoms with E-state index in [1.54, 1.807) is 0 Å². The number of hydrogen-bond acceptors (Lipinski definition) is 4. The van der Waals surface area contributed by atoms with E-state index in [0.29, 0.717) is 5.75 Å². The number of carbonyl (C=O) groups excluding carboxylic acids is 1. The number of nitrogens with zero attached hydrogens (tertiary/aromatic N) is 3. The van der Waals surface area contributed by atoms with Crippen LogP contribution in [-0.2, 0) is 4.79 Å². The van der Waals surface area contributed by atoms with Crippen LogP contribution in [0.2, 0.25) is 0 Å². The maximum Gasteiger partial charge on any atom is 0.437 e. The summed E-state index contributed by atoms with van der Waals surface area (Å²) >= 11 is 0. The lowest BCUT2D eigenvalue weighted by Gasteiger charge is -2.20. The molecule has 26 heavy (non-hydrogen) atoms. The fourth-order valence-electron chi connectivity index (χ4n) is 2.57. The van der Waals surface area contributed by atoms with Crippen LogP contribution in [0, 0.1) is 0 Å². The Bertz CT molecular complexity index is 830. The second-order valence-corrected chi connectivity index (χ2v) is 6.19. The molecule has 0 aromatic heterocycles. The summed E-state index contributed by atoms with van der Waals surface area (Å²) in [5.74, 6) is 0.356. The van der Waals surface area contributed by atoms with Gasteiger partial charge in [-0.15, -0.1) is 10.2 Å². The van der Waals surface area contributed by atoms with Gasteiger partial charge in [0.15, 0.2) is 0 Å². The molecular weight excluding hydrogens is 347 g/mol. The van der Waals surface area contributed by atoms with Crippen molar-refractivity contribution in [2.24, 2.45) is 10.2 Å². The predicted octanol–water partition coefficient (Wildman–Crippen LogP) is 4.18. The van der Waals surface area contributed by atoms with Gasteiger partial charge >= 0.3 is 6.18 Å². The van der Waals surface area contributed by atoms with Crippen LogP contribution in [-0.4, -0.2) is 42.8 Å². The molecule has 0 aliphatic carbocycles. The lowest BCUT2D eigenvalue weighted by Crippen LogP contribution is -2.38. The van der Waals surface area contributed by atoms with Crippen molar-refractivity contribution in [3.05, 3.63) is 42.5 Å². The molecule has 0 atom stereocenters. The van der Waals surface area contributed by atoms with Crippen LogP contribution in [0.15, 0.2) is 52.7 Å². The van der Waals surface area contributed by atoms with E-state index in [2.05, 4.69) is 10.2 Å². The fourth-order valence-corrected chi connectivity index (χ4v) is 2.57. The third-order valence-electron chi connectivity index (χ3n) is 4.32. The van der Waals surface area contributed by atoms with Crippen molar-refractivity contribution in [1.29, 1.82) is 0 Å². The maximum absolute atomic E-state index is 12.7. The summed E-state index contributed by atoms with van der Waals surface area (Å²) < 4.78 is 43.8. The molecule has 0 radical (unpaired) electrons. The minimum atomic E-state index is -4.50. The smallest absolute Gasteiger partial charge is 0.437 e. The number of alkyl halides is 3. The topological polar surface area (TPSA) is 54.3 Å². The van der Waals surface area contributed by atoms with Crippen LogP contribution in [0.3, 0.4) is 0 Å². The standard InChI is InChI=1S/C18H18F3N3O2/c1-24(10-9-17(22-23-17)18(19,20)21)16(25)8-11-26-15-7-6-13-4-2-3-5-14(13)12-15/h2-7,12H,8-11H2,1H3. The fraction of sp³-hybridized carbons (Fsp3) is 0.389. The van der Waals surface area contributed by atoms with E-state index in [4.69, 9.17) is 4.74 Å². The van der Waals surface area contributed by atoms with Gasteiger partial charge in [0, 0.05) is 20.0 Å². The third-order valence-corrected chi connectivity index (χ3v) is 4.32. The highest BCUT2D eigenvalue weighted by Gasteiger charge is 2.63. The number of ether oxygens (including phenoxy) is 1. The zero-order chi connectivity index (χ0) is 18.8. The van der Waals surface area contributed by atoms with Gasteiger partial charge in [-0.3, -0.25) is 4.79 Å². The lowest BCUT2D eigenvalue weighted by atomic mass is 10.1. The van der Waals surface area contributed by atoms with Crippen LogP contribution in [0.5, 0.6) is 5.75 Å². The van der Waals surface area contributed by atoms with Gasteiger partial charge < -0.3 is 9.64 Å². The van der Waals surface area contributed by atoms with Crippen molar-refractivity contribution < 1.29 is 22.7 Å². The molecular formula is C18H18F3N3O2. The Balaban J connectivity index is 1.44. The van der Waals surface area contributed by atoms with E-state index in [1.807, 2.05) is 42.5 Å². The van der Waals surface area contributed by atoms with E-state index in [9.17, 15) is 18.0 Å². The molecule has 0 spiro atoms. The van der Waals surface area contributed by atoms with Crippen molar-refractivity contribution in [1.82, 2.24) is 4.90 Å². The van der Waals surface area contributed by atoms with Crippen molar-refractivity contribution >= 4 is 16.7 Å². The van der Waals surface area contributed by atoms with Crippen LogP contribution in [0.25, 0.3) is 10.8 Å². The highest BCUT2D eigenvalue weighted by Crippen LogP contribution is 2.46. The van der Waals surface area contributed by atoms with Crippen LogP contribution < -0.4 is 4.74 Å². The van der Waals surface area contributed by atoms with Gasteiger partial charge in [0.2, 0.25) is 5.91 Å². The Morgan fingerprint density at radius 1 is 1.15 bits per heavy atom. The number of carbonyl (C=O) groups is 1. The van der Waals surface area contributed by atoms with E-state index in [0.717, 1.165) is 10.8 Å². The normalized spacial score (nSPS) is 15.1. The van der Waals surface area contributed by atoms with E-state index in [-0.39, 0.29) is 31.9 Å². The molecule has 1 aliphatic rings. The minimum absolute atomic E-state index is 0.0681. The first-order valence-electron chi connectivity index (χ1n) is 8.17. The highest BCUT2D eigenvalue weighted by molar-refractivity contribution is 5.83. The first kappa shape index (κ1) is 18.2. The quantitative estimate of drug-likeness (QED) is 0.739. The Morgan fingerprint density at radius 2 is 1.85 bits per heavy atom. The Morgan fingerprint density at radius 3 is 2.50 bits per heavy atom. The Kier molecular flexibility index (Phi) is 4.84. The summed E-state index contributed by atoms with van der Waals surface area (Å²) in [7, 11) is 1.46. The molecule has 0 fully saturated rings. The SMILES string of the molecule is CN(CCC1(C(F)(F)F)N=N1)C(=O)CCOc1ccc2ccccc2c1. The number of benzene rings is 2. The number of fused-ring (bicyclic) bond motifs is 1. The predicted molar refractivity (Wildman–Crippen MR) is 90.0 cm³/mol. The lowest BCUT2D eigenvalue weighted by molar-refractivity contribution is -0.166. The molecule has 0 unspecified atom stereocenters. The zero-order valence-electron chi connectivity index (χ0n) is 14.2. The van der Waals surface area contributed by atoms with Gasteiger partial charge in [0.25, 0.3) is 5.66 Å². The molecule has 138 valence electrons. The second kappa shape index (κ2) is 6.93. The molecule has 0 bridgehead atoms. The number of amides is 1. The van der Waals surface area contributed by atoms with Gasteiger partial charge in [-0.2, -0.15) is 13.2 Å². The average molecular weight is 365 g/mol. The first-order chi connectivity index (χ1) is 12.3. The van der Waals surface area contributed by atoms with Gasteiger partial charge in [-0.1, -0.05) is 30.3 Å². The molecule has 2 aromatic rings. The minimum Gasteiger partial charge on any atom is -0.493 e. The number of halogens is 3. The first-order valence-corrected chi connectivity index (χ1v) is 8.17. The second-order valence-electron chi connectivity index (χ2n) is 6.19. The summed E-state index contributed by atoms with van der Waals surface area (Å²) in [4.78, 5) is 13.3. The number of rotatable bonds is 7. The average Bonchev–Trinajstić information content (AvgIpc) is 3.40. The third kappa shape index (κ3) is 3.95. The molecule has 8 heteroatoms. The Hall–Kier alpha value is -2.64. The monoisotopic (exact) mass is 365 g/mol. The van der Waals surface area contributed by atoms with E-state index < -0.39 is 11.8 Å². The molecule has 3 rings (SSSR count). The molecule has 0 saturated heterocycles. The summed E-state index contributed by atoms with van der Waals surface area (Å²) in [5.41, 5.74) is -2.32. The van der Waals surface area contributed by atoms with E-state index >= 15 is 0 Å². The summed E-state index contributed by atoms with van der Waals surface area (Å²) in [6.45, 7) is 0.0853. The summed E-state index contributed by atoms with van der Waals surface area (Å²) in [6, 6.07) is 13.5. The number of hydrogen-bond donors (Lipinski definition) is 0. The molecule has 2 aromatic carbocycles. The molecule has 0 saturated carbocycles. The van der Waals surface area contributed by atoms with Gasteiger partial charge in [0.05, 0.1) is 13.0 Å². The van der Waals surface area contributed by atoms with Crippen LogP contribution in [0.1, 0.15) is 12.8 Å². The molecule has 5 nitrogen and oxygen atoms in total. The highest BCUT2D eigenvalue weighted by atomic mass is 19.4. The maximum atomic E-state index is 12.7. The molecule has 1 amide bonds. The van der Waals surface area contributed by atoms with Crippen LogP contribution in [0.4, 0.5) is 13.2 Å². The van der Waals surface area contributed by atoms with Crippen molar-refractivity contribution in [2.75, 3.05) is 20.2 Å². The summed E-state index contributed by atoms with van der Waals surface area (Å²) in [5, 5.41) is 8.32. The molecule has 0 N–H and O–H groups in total. The van der Waals surface area contributed by atoms with Crippen LogP contribution >= 0.6 is 0 Å².